The Kier molecular flexibility index (Phi) is 5.29. The van der Waals surface area contributed by atoms with Gasteiger partial charge in [0.2, 0.25) is 0 Å². The van der Waals surface area contributed by atoms with Crippen LogP contribution in [0.25, 0.3) is 0 Å². The molecule has 1 saturated carbocycles. The van der Waals surface area contributed by atoms with Gasteiger partial charge in [-0.05, 0) is 42.2 Å². The van der Waals surface area contributed by atoms with Crippen molar-refractivity contribution in [1.29, 1.82) is 0 Å². The highest BCUT2D eigenvalue weighted by Crippen LogP contribution is 2.31. The summed E-state index contributed by atoms with van der Waals surface area (Å²) in [6, 6.07) is 3.67. The minimum Gasteiger partial charge on any atom is -0.355 e. The van der Waals surface area contributed by atoms with Crippen LogP contribution in [-0.2, 0) is 13.0 Å². The lowest BCUT2D eigenvalue weighted by Gasteiger charge is -2.27. The number of hydrogen-bond acceptors (Lipinski definition) is 4. The Bertz CT molecular complexity index is 609. The molecule has 3 aliphatic rings. The first-order valence-electron chi connectivity index (χ1n) is 9.72. The summed E-state index contributed by atoms with van der Waals surface area (Å²) >= 11 is 1.91. The van der Waals surface area contributed by atoms with Crippen molar-refractivity contribution >= 4 is 17.3 Å². The molecule has 2 atom stereocenters. The second-order valence-corrected chi connectivity index (χ2v) is 8.81. The van der Waals surface area contributed by atoms with Crippen LogP contribution in [-0.4, -0.2) is 67.6 Å². The Labute approximate surface area is 155 Å². The average Bonchev–Trinajstić information content (AvgIpc) is 3.26. The van der Waals surface area contributed by atoms with Gasteiger partial charge in [-0.25, -0.2) is 0 Å². The number of rotatable bonds is 5. The normalized spacial score (nSPS) is 28.2. The molecular formula is C19H31N5S. The molecule has 0 radical (unpaired) electrons. The van der Waals surface area contributed by atoms with Crippen molar-refractivity contribution in [3.63, 3.8) is 0 Å². The molecule has 1 saturated heterocycles. The molecule has 1 aromatic rings. The van der Waals surface area contributed by atoms with E-state index in [-0.39, 0.29) is 0 Å². The van der Waals surface area contributed by atoms with E-state index in [4.69, 9.17) is 0 Å². The van der Waals surface area contributed by atoms with E-state index in [1.54, 1.807) is 4.88 Å². The highest BCUT2D eigenvalue weighted by atomic mass is 32.1. The van der Waals surface area contributed by atoms with Crippen LogP contribution < -0.4 is 10.6 Å². The van der Waals surface area contributed by atoms with E-state index < -0.39 is 0 Å². The standard InChI is InChI=1S/C19H31N5S/c1-14-11-24(16-3-4-16)13-17(14)22-19(20-2)21-7-9-23-8-5-18-15(12-23)6-10-25-18/h6,10,14,16-17H,3-5,7-9,11-13H2,1-2H3,(H2,20,21,22). The van der Waals surface area contributed by atoms with Gasteiger partial charge < -0.3 is 10.6 Å². The zero-order valence-electron chi connectivity index (χ0n) is 15.5. The zero-order valence-corrected chi connectivity index (χ0v) is 16.3. The van der Waals surface area contributed by atoms with Crippen LogP contribution >= 0.6 is 11.3 Å². The Morgan fingerprint density at radius 2 is 2.24 bits per heavy atom. The minimum atomic E-state index is 0.523. The molecule has 138 valence electrons. The van der Waals surface area contributed by atoms with Crippen LogP contribution in [0.3, 0.4) is 0 Å². The van der Waals surface area contributed by atoms with Crippen LogP contribution in [0.5, 0.6) is 0 Å². The first-order valence-corrected chi connectivity index (χ1v) is 10.6. The third-order valence-electron chi connectivity index (χ3n) is 5.86. The van der Waals surface area contributed by atoms with Gasteiger partial charge in [-0.2, -0.15) is 0 Å². The van der Waals surface area contributed by atoms with Gasteiger partial charge in [-0.1, -0.05) is 6.92 Å². The smallest absolute Gasteiger partial charge is 0.191 e. The quantitative estimate of drug-likeness (QED) is 0.619. The van der Waals surface area contributed by atoms with E-state index in [1.165, 1.54) is 44.5 Å². The van der Waals surface area contributed by atoms with Crippen molar-refractivity contribution in [3.8, 4) is 0 Å². The molecule has 2 fully saturated rings. The van der Waals surface area contributed by atoms with Gasteiger partial charge in [0, 0.05) is 63.3 Å². The van der Waals surface area contributed by atoms with Crippen LogP contribution in [0.4, 0.5) is 0 Å². The first kappa shape index (κ1) is 17.3. The summed E-state index contributed by atoms with van der Waals surface area (Å²) in [7, 11) is 1.88. The zero-order chi connectivity index (χ0) is 17.2. The molecule has 0 aromatic carbocycles. The third-order valence-corrected chi connectivity index (χ3v) is 6.88. The fourth-order valence-electron chi connectivity index (χ4n) is 4.13. The summed E-state index contributed by atoms with van der Waals surface area (Å²) in [5.41, 5.74) is 1.53. The number of aliphatic imine (C=N–C) groups is 1. The predicted octanol–water partition coefficient (Wildman–Crippen LogP) is 1.75. The Morgan fingerprint density at radius 3 is 3.04 bits per heavy atom. The Balaban J connectivity index is 1.20. The molecule has 6 heteroatoms. The first-order chi connectivity index (χ1) is 12.2. The number of guanidine groups is 1. The van der Waals surface area contributed by atoms with Gasteiger partial charge in [0.25, 0.3) is 0 Å². The van der Waals surface area contributed by atoms with E-state index in [0.29, 0.717) is 12.0 Å². The maximum absolute atomic E-state index is 4.44. The number of likely N-dealkylation sites (tertiary alicyclic amines) is 1. The molecule has 0 spiro atoms. The highest BCUT2D eigenvalue weighted by molar-refractivity contribution is 7.10. The third kappa shape index (κ3) is 4.18. The van der Waals surface area contributed by atoms with Crippen LogP contribution in [0.1, 0.15) is 30.2 Å². The molecule has 1 aromatic heterocycles. The molecule has 5 nitrogen and oxygen atoms in total. The maximum atomic E-state index is 4.44. The van der Waals surface area contributed by atoms with Crippen LogP contribution in [0.15, 0.2) is 16.4 Å². The molecule has 1 aliphatic carbocycles. The second-order valence-electron chi connectivity index (χ2n) is 7.81. The summed E-state index contributed by atoms with van der Waals surface area (Å²) in [6.07, 6.45) is 4.00. The van der Waals surface area contributed by atoms with Gasteiger partial charge in [-0.15, -0.1) is 11.3 Å². The van der Waals surface area contributed by atoms with Crippen molar-refractivity contribution in [2.75, 3.05) is 39.8 Å². The summed E-state index contributed by atoms with van der Waals surface area (Å²) < 4.78 is 0. The van der Waals surface area contributed by atoms with E-state index in [9.17, 15) is 0 Å². The number of thiophene rings is 1. The summed E-state index contributed by atoms with van der Waals surface area (Å²) in [5, 5.41) is 9.41. The lowest BCUT2D eigenvalue weighted by Crippen LogP contribution is -2.48. The summed E-state index contributed by atoms with van der Waals surface area (Å²) in [6.45, 7) is 9.06. The lowest BCUT2D eigenvalue weighted by atomic mass is 10.1. The molecule has 0 bridgehead atoms. The van der Waals surface area contributed by atoms with E-state index in [1.807, 2.05) is 18.4 Å². The number of nitrogens with one attached hydrogen (secondary N) is 2. The molecular weight excluding hydrogens is 330 g/mol. The maximum Gasteiger partial charge on any atom is 0.191 e. The molecule has 25 heavy (non-hydrogen) atoms. The van der Waals surface area contributed by atoms with E-state index >= 15 is 0 Å². The van der Waals surface area contributed by atoms with Crippen molar-refractivity contribution in [2.45, 2.75) is 44.8 Å². The summed E-state index contributed by atoms with van der Waals surface area (Å²) in [4.78, 5) is 11.2. The topological polar surface area (TPSA) is 42.9 Å². The van der Waals surface area contributed by atoms with E-state index in [2.05, 4.69) is 43.8 Å². The second kappa shape index (κ2) is 7.64. The molecule has 2 aliphatic heterocycles. The molecule has 4 rings (SSSR count). The fourth-order valence-corrected chi connectivity index (χ4v) is 5.02. The van der Waals surface area contributed by atoms with Gasteiger partial charge in [-0.3, -0.25) is 14.8 Å². The number of fused-ring (bicyclic) bond motifs is 1. The number of hydrogen-bond donors (Lipinski definition) is 2. The van der Waals surface area contributed by atoms with Gasteiger partial charge in [0.1, 0.15) is 0 Å². The molecule has 2 N–H and O–H groups in total. The SMILES string of the molecule is CN=C(NCCN1CCc2sccc2C1)NC1CN(C2CC2)CC1C. The summed E-state index contributed by atoms with van der Waals surface area (Å²) in [5.74, 6) is 1.65. The fraction of sp³-hybridized carbons (Fsp3) is 0.737. The predicted molar refractivity (Wildman–Crippen MR) is 105 cm³/mol. The molecule has 2 unspecified atom stereocenters. The Morgan fingerprint density at radius 1 is 1.36 bits per heavy atom. The van der Waals surface area contributed by atoms with Crippen LogP contribution in [0.2, 0.25) is 0 Å². The number of nitrogens with zero attached hydrogens (tertiary/aromatic N) is 3. The van der Waals surface area contributed by atoms with Gasteiger partial charge >= 0.3 is 0 Å². The highest BCUT2D eigenvalue weighted by Gasteiger charge is 2.38. The molecule has 0 amide bonds. The largest absolute Gasteiger partial charge is 0.355 e. The van der Waals surface area contributed by atoms with Crippen molar-refractivity contribution in [2.24, 2.45) is 10.9 Å². The minimum absolute atomic E-state index is 0.523. The van der Waals surface area contributed by atoms with Gasteiger partial charge in [0.15, 0.2) is 5.96 Å². The van der Waals surface area contributed by atoms with Crippen molar-refractivity contribution in [3.05, 3.63) is 21.9 Å². The average molecular weight is 362 g/mol. The van der Waals surface area contributed by atoms with Crippen molar-refractivity contribution < 1.29 is 0 Å². The molecule has 3 heterocycles. The van der Waals surface area contributed by atoms with E-state index in [0.717, 1.165) is 31.6 Å². The van der Waals surface area contributed by atoms with Gasteiger partial charge in [0.05, 0.1) is 0 Å². The monoisotopic (exact) mass is 361 g/mol. The lowest BCUT2D eigenvalue weighted by molar-refractivity contribution is 0.260. The van der Waals surface area contributed by atoms with Crippen molar-refractivity contribution in [1.82, 2.24) is 20.4 Å². The van der Waals surface area contributed by atoms with Crippen LogP contribution in [0, 0.1) is 5.92 Å². The Hall–Kier alpha value is -1.11.